The van der Waals surface area contributed by atoms with Crippen LogP contribution in [0.15, 0.2) is 24.3 Å². The Balaban J connectivity index is 1.85. The second kappa shape index (κ2) is 7.88. The quantitative estimate of drug-likeness (QED) is 0.787. The van der Waals surface area contributed by atoms with Gasteiger partial charge in [0.05, 0.1) is 0 Å². The van der Waals surface area contributed by atoms with Gasteiger partial charge < -0.3 is 15.3 Å². The molecule has 3 rings (SSSR count). The van der Waals surface area contributed by atoms with Gasteiger partial charge >= 0.3 is 0 Å². The van der Waals surface area contributed by atoms with Gasteiger partial charge in [-0.2, -0.15) is 0 Å². The van der Waals surface area contributed by atoms with Crippen LogP contribution in [0.5, 0.6) is 0 Å². The van der Waals surface area contributed by atoms with Crippen LogP contribution < -0.4 is 10.2 Å². The average Bonchev–Trinajstić information content (AvgIpc) is 2.85. The molecule has 2 heterocycles. The molecule has 1 amide bonds. The normalized spacial score (nSPS) is 22.9. The smallest absolute Gasteiger partial charge is 0.244 e. The Bertz CT molecular complexity index is 736. The first-order chi connectivity index (χ1) is 13.5. The minimum absolute atomic E-state index is 0.0661. The molecule has 162 valence electrons. The number of aliphatic hydroxyl groups is 1. The number of halogens is 1. The second-order valence-corrected chi connectivity index (χ2v) is 10.4. The number of carbonyl (C=O) groups is 1. The summed E-state index contributed by atoms with van der Waals surface area (Å²) in [5, 5.41) is 12.7. The summed E-state index contributed by atoms with van der Waals surface area (Å²) in [6.07, 6.45) is 2.96. The van der Waals surface area contributed by atoms with Gasteiger partial charge in [0, 0.05) is 43.8 Å². The molecule has 1 unspecified atom stereocenters. The minimum atomic E-state index is -0.529. The second-order valence-electron chi connectivity index (χ2n) is 10.4. The molecular formula is C23H36FN3O2. The van der Waals surface area contributed by atoms with E-state index < -0.39 is 11.7 Å². The molecule has 0 radical (unpaired) electrons. The lowest BCUT2D eigenvalue weighted by Gasteiger charge is -2.51. The van der Waals surface area contributed by atoms with E-state index in [4.69, 9.17) is 0 Å². The molecule has 6 heteroatoms. The van der Waals surface area contributed by atoms with Crippen molar-refractivity contribution in [2.45, 2.75) is 77.5 Å². The highest BCUT2D eigenvalue weighted by atomic mass is 19.1. The maximum absolute atomic E-state index is 14.0. The van der Waals surface area contributed by atoms with Crippen LogP contribution in [0.4, 0.5) is 10.1 Å². The highest BCUT2D eigenvalue weighted by Gasteiger charge is 2.53. The zero-order valence-corrected chi connectivity index (χ0v) is 18.5. The molecule has 2 aliphatic heterocycles. The molecule has 29 heavy (non-hydrogen) atoms. The number of aliphatic hydroxyl groups excluding tert-OH is 1. The van der Waals surface area contributed by atoms with E-state index in [-0.39, 0.29) is 29.3 Å². The van der Waals surface area contributed by atoms with Crippen molar-refractivity contribution in [3.05, 3.63) is 30.1 Å². The van der Waals surface area contributed by atoms with E-state index in [9.17, 15) is 14.3 Å². The molecule has 2 N–H and O–H groups in total. The Hall–Kier alpha value is -1.66. The van der Waals surface area contributed by atoms with Crippen LogP contribution >= 0.6 is 0 Å². The SMILES string of the molecule is CC(C)(C)CC(C)(C)N1CCC2(CC1)NC(=O)C(CCO)N2c1cccc(F)c1. The lowest BCUT2D eigenvalue weighted by atomic mass is 9.79. The number of nitrogens with one attached hydrogen (secondary N) is 1. The maximum atomic E-state index is 14.0. The molecule has 0 aliphatic carbocycles. The first-order valence-electron chi connectivity index (χ1n) is 10.7. The Morgan fingerprint density at radius 2 is 1.86 bits per heavy atom. The first-order valence-corrected chi connectivity index (χ1v) is 10.7. The Kier molecular flexibility index (Phi) is 5.98. The number of nitrogens with zero attached hydrogens (tertiary/aromatic N) is 2. The molecule has 2 aliphatic rings. The van der Waals surface area contributed by atoms with Crippen LogP contribution in [0, 0.1) is 11.2 Å². The Morgan fingerprint density at radius 1 is 1.21 bits per heavy atom. The first kappa shape index (κ1) is 22.0. The topological polar surface area (TPSA) is 55.8 Å². The van der Waals surface area contributed by atoms with E-state index in [0.717, 1.165) is 32.4 Å². The number of benzene rings is 1. The van der Waals surface area contributed by atoms with Gasteiger partial charge in [-0.1, -0.05) is 26.8 Å². The van der Waals surface area contributed by atoms with Crippen molar-refractivity contribution in [1.82, 2.24) is 10.2 Å². The zero-order chi connectivity index (χ0) is 21.4. The summed E-state index contributed by atoms with van der Waals surface area (Å²) in [6.45, 7) is 13.0. The van der Waals surface area contributed by atoms with Crippen molar-refractivity contribution in [2.24, 2.45) is 5.41 Å². The van der Waals surface area contributed by atoms with Crippen LogP contribution in [0.1, 0.15) is 60.3 Å². The van der Waals surface area contributed by atoms with Crippen molar-refractivity contribution < 1.29 is 14.3 Å². The number of anilines is 1. The summed E-state index contributed by atoms with van der Waals surface area (Å²) < 4.78 is 14.0. The number of piperidine rings is 1. The maximum Gasteiger partial charge on any atom is 0.244 e. The zero-order valence-electron chi connectivity index (χ0n) is 18.5. The van der Waals surface area contributed by atoms with E-state index in [0.29, 0.717) is 12.1 Å². The molecule has 0 saturated carbocycles. The highest BCUT2D eigenvalue weighted by Crippen LogP contribution is 2.41. The van der Waals surface area contributed by atoms with E-state index in [1.807, 2.05) is 11.0 Å². The number of likely N-dealkylation sites (tertiary alicyclic amines) is 1. The fourth-order valence-corrected chi connectivity index (χ4v) is 5.48. The molecule has 2 fully saturated rings. The van der Waals surface area contributed by atoms with Crippen molar-refractivity contribution in [1.29, 1.82) is 0 Å². The molecule has 1 spiro atoms. The van der Waals surface area contributed by atoms with Crippen molar-refractivity contribution in [2.75, 3.05) is 24.6 Å². The molecule has 2 saturated heterocycles. The Morgan fingerprint density at radius 3 is 2.41 bits per heavy atom. The standard InChI is InChI=1S/C23H36FN3O2/c1-21(2,3)16-22(4,5)26-12-10-23(11-13-26)25-20(29)19(9-14-28)27(23)18-8-6-7-17(24)15-18/h6-8,15,19,28H,9-14,16H2,1-5H3,(H,25,29). The van der Waals surface area contributed by atoms with Crippen molar-refractivity contribution in [3.8, 4) is 0 Å². The third kappa shape index (κ3) is 4.58. The van der Waals surface area contributed by atoms with E-state index in [1.54, 1.807) is 6.07 Å². The summed E-state index contributed by atoms with van der Waals surface area (Å²) in [4.78, 5) is 17.3. The van der Waals surface area contributed by atoms with Gasteiger partial charge in [0.2, 0.25) is 5.91 Å². The van der Waals surface area contributed by atoms with Crippen LogP contribution in [-0.2, 0) is 4.79 Å². The lowest BCUT2D eigenvalue weighted by Crippen LogP contribution is -2.62. The highest BCUT2D eigenvalue weighted by molar-refractivity contribution is 5.90. The van der Waals surface area contributed by atoms with Crippen molar-refractivity contribution >= 4 is 11.6 Å². The molecule has 1 atom stereocenters. The molecule has 0 bridgehead atoms. The van der Waals surface area contributed by atoms with Gasteiger partial charge in [0.25, 0.3) is 0 Å². The number of amides is 1. The largest absolute Gasteiger partial charge is 0.396 e. The lowest BCUT2D eigenvalue weighted by molar-refractivity contribution is -0.121. The number of carbonyl (C=O) groups excluding carboxylic acids is 1. The summed E-state index contributed by atoms with van der Waals surface area (Å²) >= 11 is 0. The van der Waals surface area contributed by atoms with Crippen LogP contribution in [-0.4, -0.2) is 52.9 Å². The molecule has 1 aromatic rings. The van der Waals surface area contributed by atoms with E-state index >= 15 is 0 Å². The third-order valence-electron chi connectivity index (χ3n) is 6.33. The summed E-state index contributed by atoms with van der Waals surface area (Å²) in [5.41, 5.74) is 0.472. The molecule has 0 aromatic heterocycles. The Labute approximate surface area is 174 Å². The number of hydrogen-bond acceptors (Lipinski definition) is 4. The predicted octanol–water partition coefficient (Wildman–Crippen LogP) is 3.52. The summed E-state index contributed by atoms with van der Waals surface area (Å²) in [7, 11) is 0. The van der Waals surface area contributed by atoms with Gasteiger partial charge in [-0.05, 0) is 50.3 Å². The van der Waals surface area contributed by atoms with Gasteiger partial charge in [-0.3, -0.25) is 9.69 Å². The minimum Gasteiger partial charge on any atom is -0.396 e. The van der Waals surface area contributed by atoms with Crippen LogP contribution in [0.3, 0.4) is 0 Å². The summed E-state index contributed by atoms with van der Waals surface area (Å²) in [6, 6.07) is 5.96. The third-order valence-corrected chi connectivity index (χ3v) is 6.33. The van der Waals surface area contributed by atoms with E-state index in [1.165, 1.54) is 12.1 Å². The fraction of sp³-hybridized carbons (Fsp3) is 0.696. The molecule has 5 nitrogen and oxygen atoms in total. The predicted molar refractivity (Wildman–Crippen MR) is 114 cm³/mol. The molecule has 1 aromatic carbocycles. The van der Waals surface area contributed by atoms with Gasteiger partial charge in [0.15, 0.2) is 0 Å². The monoisotopic (exact) mass is 405 g/mol. The number of rotatable bonds is 5. The molecular weight excluding hydrogens is 369 g/mol. The van der Waals surface area contributed by atoms with Gasteiger partial charge in [0.1, 0.15) is 17.5 Å². The number of hydrogen-bond donors (Lipinski definition) is 2. The summed E-state index contributed by atoms with van der Waals surface area (Å²) in [5.74, 6) is -0.394. The van der Waals surface area contributed by atoms with E-state index in [2.05, 4.69) is 44.8 Å². The van der Waals surface area contributed by atoms with Crippen molar-refractivity contribution in [3.63, 3.8) is 0 Å². The average molecular weight is 406 g/mol. The van der Waals surface area contributed by atoms with Gasteiger partial charge in [-0.25, -0.2) is 4.39 Å². The van der Waals surface area contributed by atoms with Crippen LogP contribution in [0.2, 0.25) is 0 Å². The van der Waals surface area contributed by atoms with Crippen LogP contribution in [0.25, 0.3) is 0 Å². The van der Waals surface area contributed by atoms with Gasteiger partial charge in [-0.15, -0.1) is 0 Å². The fourth-order valence-electron chi connectivity index (χ4n) is 5.48.